The first-order chi connectivity index (χ1) is 14.8. The second-order valence-electron chi connectivity index (χ2n) is 6.17. The van der Waals surface area contributed by atoms with Crippen molar-refractivity contribution in [3.63, 3.8) is 0 Å². The molecule has 1 aromatic heterocycles. The third kappa shape index (κ3) is 4.79. The number of hydrogen-bond donors (Lipinski definition) is 2. The lowest BCUT2D eigenvalue weighted by atomic mass is 10.0. The van der Waals surface area contributed by atoms with Gasteiger partial charge >= 0.3 is 12.0 Å². The highest BCUT2D eigenvalue weighted by Crippen LogP contribution is 2.33. The van der Waals surface area contributed by atoms with Crippen molar-refractivity contribution < 1.29 is 23.1 Å². The normalized spacial score (nSPS) is 10.6. The number of nitrogens with two attached hydrogens (primary N) is 2. The number of hydrogen-bond acceptors (Lipinski definition) is 5. The predicted octanol–water partition coefficient (Wildman–Crippen LogP) is 4.06. The van der Waals surface area contributed by atoms with Gasteiger partial charge in [0.1, 0.15) is 36.3 Å². The molecule has 4 N–H and O–H groups in total. The molecule has 3 aromatic rings. The molecule has 0 bridgehead atoms. The van der Waals surface area contributed by atoms with Crippen LogP contribution < -0.4 is 16.4 Å². The van der Waals surface area contributed by atoms with Crippen molar-refractivity contribution >= 4 is 35.1 Å². The molecular weight excluding hydrogens is 430 g/mol. The van der Waals surface area contributed by atoms with Crippen LogP contribution in [0.1, 0.15) is 5.56 Å². The molecule has 0 unspecified atom stereocenters. The molecule has 7 nitrogen and oxygen atoms in total. The van der Waals surface area contributed by atoms with E-state index in [0.29, 0.717) is 26.7 Å². The Hall–Kier alpha value is -3.56. The maximum Gasteiger partial charge on any atom is 0.325 e. The maximum atomic E-state index is 14.3. The summed E-state index contributed by atoms with van der Waals surface area (Å²) in [6.07, 6.45) is 0. The fourth-order valence-electron chi connectivity index (χ4n) is 2.87. The minimum atomic E-state index is -1.13. The van der Waals surface area contributed by atoms with E-state index in [2.05, 4.69) is 4.98 Å². The van der Waals surface area contributed by atoms with E-state index in [9.17, 15) is 18.4 Å². The van der Waals surface area contributed by atoms with Gasteiger partial charge < -0.3 is 16.2 Å². The van der Waals surface area contributed by atoms with Crippen molar-refractivity contribution in [3.8, 4) is 11.3 Å². The zero-order chi connectivity index (χ0) is 22.5. The Kier molecular flexibility index (Phi) is 6.78. The number of ether oxygens (including phenoxy) is 1. The lowest BCUT2D eigenvalue weighted by Gasteiger charge is -2.21. The lowest BCUT2D eigenvalue weighted by molar-refractivity contribution is -0.140. The largest absolute Gasteiger partial charge is 0.460 e. The molecule has 1 heterocycles. The van der Waals surface area contributed by atoms with Gasteiger partial charge in [-0.3, -0.25) is 4.79 Å². The van der Waals surface area contributed by atoms with Gasteiger partial charge in [-0.25, -0.2) is 23.5 Å². The topological polar surface area (TPSA) is 112 Å². The van der Waals surface area contributed by atoms with E-state index in [-0.39, 0.29) is 12.4 Å². The van der Waals surface area contributed by atoms with Crippen LogP contribution in [0.25, 0.3) is 11.3 Å². The van der Waals surface area contributed by atoms with Crippen molar-refractivity contribution in [2.45, 2.75) is 6.61 Å². The Bertz CT molecular complexity index is 1120. The Labute approximate surface area is 181 Å². The van der Waals surface area contributed by atoms with Crippen LogP contribution in [0.3, 0.4) is 0 Å². The summed E-state index contributed by atoms with van der Waals surface area (Å²) in [6, 6.07) is 11.4. The first-order valence-electron chi connectivity index (χ1n) is 8.83. The number of primary amides is 1. The van der Waals surface area contributed by atoms with E-state index < -0.39 is 29.3 Å². The van der Waals surface area contributed by atoms with E-state index in [0.717, 1.165) is 24.7 Å². The van der Waals surface area contributed by atoms with Gasteiger partial charge in [0.2, 0.25) is 0 Å². The fourth-order valence-corrected chi connectivity index (χ4v) is 3.10. The molecule has 0 fully saturated rings. The van der Waals surface area contributed by atoms with Crippen molar-refractivity contribution in [3.05, 3.63) is 83.4 Å². The quantitative estimate of drug-likeness (QED) is 0.556. The number of aromatic nitrogens is 1. The maximum absolute atomic E-state index is 14.3. The zero-order valence-electron chi connectivity index (χ0n) is 15.9. The number of rotatable bonds is 6. The molecule has 0 aliphatic carbocycles. The van der Waals surface area contributed by atoms with Crippen LogP contribution in [0.4, 0.5) is 25.1 Å². The summed E-state index contributed by atoms with van der Waals surface area (Å²) in [4.78, 5) is 28.4. The second-order valence-corrected chi connectivity index (χ2v) is 6.57. The third-order valence-corrected chi connectivity index (χ3v) is 4.59. The van der Waals surface area contributed by atoms with Gasteiger partial charge in [0, 0.05) is 16.1 Å². The van der Waals surface area contributed by atoms with Crippen molar-refractivity contribution in [2.24, 2.45) is 11.5 Å². The van der Waals surface area contributed by atoms with Crippen molar-refractivity contribution in [1.82, 2.24) is 4.98 Å². The average Bonchev–Trinajstić information content (AvgIpc) is 2.75. The number of pyridine rings is 1. The lowest BCUT2D eigenvalue weighted by Crippen LogP contribution is -2.33. The molecule has 1 radical (unpaired) electrons. The summed E-state index contributed by atoms with van der Waals surface area (Å²) >= 11 is 6.25. The number of carbonyl (C=O) groups excluding carboxylic acids is 2. The van der Waals surface area contributed by atoms with Gasteiger partial charge in [-0.05, 0) is 30.3 Å². The minimum absolute atomic E-state index is 0.118. The molecule has 159 valence electrons. The number of esters is 1. The van der Waals surface area contributed by atoms with Crippen molar-refractivity contribution in [1.29, 1.82) is 0 Å². The number of urea groups is 1. The molecule has 0 saturated carbocycles. The Morgan fingerprint density at radius 3 is 2.35 bits per heavy atom. The molecule has 0 atom stereocenters. The van der Waals surface area contributed by atoms with Crippen LogP contribution in [0.15, 0.2) is 54.6 Å². The standard InChI is InChI=1S/C21H16ClF2N4O3/c22-14-5-1-4-12(13(14)11-31-19(29)10-25)17-8-3-9-18(27-17)28(21(26)30)20-15(23)6-2-7-16(20)24/h1-10H,11,25H2,(H2,26,30). The fraction of sp³-hybridized carbons (Fsp3) is 0.0476. The number of halogens is 3. The molecule has 3 rings (SSSR count). The smallest absolute Gasteiger partial charge is 0.325 e. The molecule has 2 aromatic carbocycles. The molecular formula is C21H16ClF2N4O3. The number of anilines is 2. The summed E-state index contributed by atoms with van der Waals surface area (Å²) in [6.45, 7) is 0.567. The second kappa shape index (κ2) is 9.50. The number of nitrogens with zero attached hydrogens (tertiary/aromatic N) is 2. The molecule has 31 heavy (non-hydrogen) atoms. The number of para-hydroxylation sites is 1. The summed E-state index contributed by atoms with van der Waals surface area (Å²) in [5.74, 6) is -2.84. The van der Waals surface area contributed by atoms with Crippen LogP contribution in [0, 0.1) is 18.2 Å². The minimum Gasteiger partial charge on any atom is -0.460 e. The van der Waals surface area contributed by atoms with Crippen LogP contribution in [-0.2, 0) is 16.1 Å². The van der Waals surface area contributed by atoms with Crippen LogP contribution in [0.2, 0.25) is 5.02 Å². The van der Waals surface area contributed by atoms with E-state index >= 15 is 0 Å². The Morgan fingerprint density at radius 2 is 1.71 bits per heavy atom. The summed E-state index contributed by atoms with van der Waals surface area (Å²) in [5, 5.41) is 0.293. The number of amides is 2. The van der Waals surface area contributed by atoms with Crippen molar-refractivity contribution in [2.75, 3.05) is 4.90 Å². The van der Waals surface area contributed by atoms with Crippen LogP contribution in [0.5, 0.6) is 0 Å². The molecule has 10 heteroatoms. The number of carbonyl (C=O) groups is 2. The zero-order valence-corrected chi connectivity index (χ0v) is 16.6. The van der Waals surface area contributed by atoms with E-state index in [1.165, 1.54) is 12.1 Å². The van der Waals surface area contributed by atoms with E-state index in [1.54, 1.807) is 24.3 Å². The van der Waals surface area contributed by atoms with E-state index in [4.69, 9.17) is 27.8 Å². The Morgan fingerprint density at radius 1 is 1.06 bits per heavy atom. The predicted molar refractivity (Wildman–Crippen MR) is 111 cm³/mol. The molecule has 2 amide bonds. The SMILES string of the molecule is N[CH]C(=O)OCc1c(Cl)cccc1-c1cccc(N(C(N)=O)c2c(F)cccc2F)n1. The third-order valence-electron chi connectivity index (χ3n) is 4.23. The summed E-state index contributed by atoms with van der Waals surface area (Å²) in [7, 11) is 0. The molecule has 0 aliphatic rings. The highest BCUT2D eigenvalue weighted by molar-refractivity contribution is 6.31. The van der Waals surface area contributed by atoms with E-state index in [1.807, 2.05) is 0 Å². The first kappa shape index (κ1) is 22.1. The van der Waals surface area contributed by atoms with Gasteiger partial charge in [0.15, 0.2) is 0 Å². The highest BCUT2D eigenvalue weighted by atomic mass is 35.5. The first-order valence-corrected chi connectivity index (χ1v) is 9.21. The summed E-state index contributed by atoms with van der Waals surface area (Å²) in [5.41, 5.74) is 11.1. The van der Waals surface area contributed by atoms with Gasteiger partial charge in [-0.15, -0.1) is 0 Å². The number of benzene rings is 2. The van der Waals surface area contributed by atoms with Crippen LogP contribution >= 0.6 is 11.6 Å². The van der Waals surface area contributed by atoms with Gasteiger partial charge in [-0.1, -0.05) is 35.9 Å². The summed E-state index contributed by atoms with van der Waals surface area (Å²) < 4.78 is 33.6. The van der Waals surface area contributed by atoms with Crippen LogP contribution in [-0.4, -0.2) is 17.0 Å². The van der Waals surface area contributed by atoms with Gasteiger partial charge in [-0.2, -0.15) is 0 Å². The monoisotopic (exact) mass is 445 g/mol. The molecule has 0 aliphatic heterocycles. The van der Waals surface area contributed by atoms with Gasteiger partial charge in [0.05, 0.1) is 5.69 Å². The Balaban J connectivity index is 2.09. The molecule has 0 saturated heterocycles. The highest BCUT2D eigenvalue weighted by Gasteiger charge is 2.24. The molecule has 0 spiro atoms. The van der Waals surface area contributed by atoms with Gasteiger partial charge in [0.25, 0.3) is 0 Å². The average molecular weight is 446 g/mol.